The van der Waals surface area contributed by atoms with Crippen molar-refractivity contribution in [1.29, 1.82) is 0 Å². The van der Waals surface area contributed by atoms with Crippen molar-refractivity contribution in [3.05, 3.63) is 59.4 Å². The number of anilines is 1. The number of esters is 1. The lowest BCUT2D eigenvalue weighted by Gasteiger charge is -2.37. The Bertz CT molecular complexity index is 1320. The van der Waals surface area contributed by atoms with E-state index in [9.17, 15) is 27.6 Å². The van der Waals surface area contributed by atoms with E-state index in [1.165, 1.54) is 24.0 Å². The quantitative estimate of drug-likeness (QED) is 0.400. The highest BCUT2D eigenvalue weighted by Gasteiger charge is 2.44. The van der Waals surface area contributed by atoms with Gasteiger partial charge in [-0.2, -0.15) is 13.2 Å². The standard InChI is InChI=1S/C24H23F3N4O4/c1-4-35-22(33)17-12-30(16-8-9-20-19(10-16)28-13-29(20)3)23(34)31(21(17)32)11-15-6-5-7-18(14(15)2)24(25,26)27/h5-10,13,17H,4,11-12H2,1-3H3. The molecule has 1 aliphatic rings. The van der Waals surface area contributed by atoms with Crippen molar-refractivity contribution in [1.82, 2.24) is 14.5 Å². The second-order valence-corrected chi connectivity index (χ2v) is 8.24. The topological polar surface area (TPSA) is 84.7 Å². The molecule has 0 N–H and O–H groups in total. The van der Waals surface area contributed by atoms with Crippen LogP contribution in [0.2, 0.25) is 0 Å². The first-order valence-corrected chi connectivity index (χ1v) is 10.9. The lowest BCUT2D eigenvalue weighted by molar-refractivity contribution is -0.154. The molecule has 184 valence electrons. The fourth-order valence-corrected chi connectivity index (χ4v) is 4.17. The highest BCUT2D eigenvalue weighted by Crippen LogP contribution is 2.34. The van der Waals surface area contributed by atoms with Gasteiger partial charge < -0.3 is 9.30 Å². The molecule has 11 heteroatoms. The molecule has 0 bridgehead atoms. The van der Waals surface area contributed by atoms with Gasteiger partial charge in [-0.05, 0) is 49.2 Å². The molecule has 1 fully saturated rings. The van der Waals surface area contributed by atoms with E-state index in [0.717, 1.165) is 16.5 Å². The minimum Gasteiger partial charge on any atom is -0.465 e. The largest absolute Gasteiger partial charge is 0.465 e. The summed E-state index contributed by atoms with van der Waals surface area (Å²) >= 11 is 0. The van der Waals surface area contributed by atoms with Crippen molar-refractivity contribution >= 4 is 34.6 Å². The average Bonchev–Trinajstić information content (AvgIpc) is 3.17. The number of aromatic nitrogens is 2. The summed E-state index contributed by atoms with van der Waals surface area (Å²) in [7, 11) is 1.82. The Balaban J connectivity index is 1.74. The number of fused-ring (bicyclic) bond motifs is 1. The summed E-state index contributed by atoms with van der Waals surface area (Å²) in [6.45, 7) is 2.22. The molecule has 1 aromatic heterocycles. The third kappa shape index (κ3) is 4.45. The highest BCUT2D eigenvalue weighted by atomic mass is 19.4. The number of alkyl halides is 3. The molecule has 4 rings (SSSR count). The van der Waals surface area contributed by atoms with Crippen LogP contribution in [0.5, 0.6) is 0 Å². The number of carbonyl (C=O) groups is 3. The van der Waals surface area contributed by atoms with Crippen LogP contribution in [0.1, 0.15) is 23.6 Å². The second-order valence-electron chi connectivity index (χ2n) is 8.24. The second kappa shape index (κ2) is 9.05. The Morgan fingerprint density at radius 2 is 1.94 bits per heavy atom. The smallest absolute Gasteiger partial charge is 0.416 e. The van der Waals surface area contributed by atoms with Crippen LogP contribution in [0.15, 0.2) is 42.7 Å². The SMILES string of the molecule is CCOC(=O)C1CN(c2ccc3c(c2)ncn3C)C(=O)N(Cc2cccc(C(F)(F)F)c2C)C1=O. The van der Waals surface area contributed by atoms with Gasteiger partial charge in [0, 0.05) is 12.7 Å². The Morgan fingerprint density at radius 1 is 1.20 bits per heavy atom. The first-order chi connectivity index (χ1) is 16.5. The van der Waals surface area contributed by atoms with Crippen LogP contribution in [0.25, 0.3) is 11.0 Å². The fourth-order valence-electron chi connectivity index (χ4n) is 4.17. The number of hydrogen-bond donors (Lipinski definition) is 0. The summed E-state index contributed by atoms with van der Waals surface area (Å²) < 4.78 is 47.0. The van der Waals surface area contributed by atoms with E-state index in [-0.39, 0.29) is 24.3 Å². The molecule has 1 unspecified atom stereocenters. The van der Waals surface area contributed by atoms with Crippen LogP contribution in [-0.4, -0.2) is 45.5 Å². The summed E-state index contributed by atoms with van der Waals surface area (Å²) in [5.74, 6) is -2.95. The van der Waals surface area contributed by atoms with Gasteiger partial charge in [0.1, 0.15) is 0 Å². The molecule has 1 aliphatic heterocycles. The number of urea groups is 1. The van der Waals surface area contributed by atoms with E-state index < -0.39 is 42.1 Å². The Labute approximate surface area is 198 Å². The number of benzene rings is 2. The molecular weight excluding hydrogens is 465 g/mol. The Morgan fingerprint density at radius 3 is 2.63 bits per heavy atom. The summed E-state index contributed by atoms with van der Waals surface area (Å²) in [6.07, 6.45) is -2.98. The number of amides is 3. The average molecular weight is 488 g/mol. The van der Waals surface area contributed by atoms with Gasteiger partial charge in [-0.1, -0.05) is 12.1 Å². The van der Waals surface area contributed by atoms with Crippen molar-refractivity contribution in [2.75, 3.05) is 18.1 Å². The number of hydrogen-bond acceptors (Lipinski definition) is 5. The number of imidazole rings is 1. The molecule has 35 heavy (non-hydrogen) atoms. The minimum atomic E-state index is -4.59. The van der Waals surface area contributed by atoms with Crippen molar-refractivity contribution in [2.45, 2.75) is 26.6 Å². The minimum absolute atomic E-state index is 0.0309. The van der Waals surface area contributed by atoms with E-state index in [1.807, 2.05) is 7.05 Å². The Kier molecular flexibility index (Phi) is 6.27. The van der Waals surface area contributed by atoms with E-state index in [1.54, 1.807) is 36.0 Å². The lowest BCUT2D eigenvalue weighted by atomic mass is 9.99. The molecule has 0 saturated carbocycles. The number of nitrogens with zero attached hydrogens (tertiary/aromatic N) is 4. The molecule has 8 nitrogen and oxygen atoms in total. The van der Waals surface area contributed by atoms with E-state index in [2.05, 4.69) is 4.98 Å². The summed E-state index contributed by atoms with van der Waals surface area (Å²) in [5, 5.41) is 0. The zero-order chi connectivity index (χ0) is 25.5. The van der Waals surface area contributed by atoms with Crippen LogP contribution in [-0.2, 0) is 34.1 Å². The van der Waals surface area contributed by atoms with Crippen LogP contribution in [0.3, 0.4) is 0 Å². The molecular formula is C24H23F3N4O4. The van der Waals surface area contributed by atoms with Gasteiger partial charge in [0.25, 0.3) is 0 Å². The van der Waals surface area contributed by atoms with Gasteiger partial charge >= 0.3 is 18.2 Å². The van der Waals surface area contributed by atoms with Gasteiger partial charge in [0.05, 0.1) is 42.6 Å². The molecule has 1 atom stereocenters. The summed E-state index contributed by atoms with van der Waals surface area (Å²) in [5.41, 5.74) is 1.00. The molecule has 0 radical (unpaired) electrons. The summed E-state index contributed by atoms with van der Waals surface area (Å²) in [6, 6.07) is 7.90. The lowest BCUT2D eigenvalue weighted by Crippen LogP contribution is -2.58. The molecule has 0 spiro atoms. The summed E-state index contributed by atoms with van der Waals surface area (Å²) in [4.78, 5) is 45.5. The van der Waals surface area contributed by atoms with Crippen LogP contribution in [0.4, 0.5) is 23.7 Å². The monoisotopic (exact) mass is 488 g/mol. The van der Waals surface area contributed by atoms with Crippen molar-refractivity contribution in [3.8, 4) is 0 Å². The zero-order valence-electron chi connectivity index (χ0n) is 19.3. The molecule has 2 heterocycles. The maximum atomic E-state index is 13.4. The molecule has 3 amide bonds. The number of halogens is 3. The predicted molar refractivity (Wildman–Crippen MR) is 120 cm³/mol. The highest BCUT2D eigenvalue weighted by molar-refractivity contribution is 6.12. The molecule has 2 aromatic carbocycles. The molecule has 0 aliphatic carbocycles. The van der Waals surface area contributed by atoms with Crippen molar-refractivity contribution in [3.63, 3.8) is 0 Å². The van der Waals surface area contributed by atoms with Crippen LogP contribution >= 0.6 is 0 Å². The Hall–Kier alpha value is -3.89. The van der Waals surface area contributed by atoms with Gasteiger partial charge in [-0.15, -0.1) is 0 Å². The maximum Gasteiger partial charge on any atom is 0.416 e. The number of imide groups is 1. The van der Waals surface area contributed by atoms with E-state index >= 15 is 0 Å². The van der Waals surface area contributed by atoms with Crippen molar-refractivity contribution in [2.24, 2.45) is 13.0 Å². The van der Waals surface area contributed by atoms with Gasteiger partial charge in [-0.3, -0.25) is 19.4 Å². The third-order valence-corrected chi connectivity index (χ3v) is 6.06. The maximum absolute atomic E-state index is 13.4. The predicted octanol–water partition coefficient (Wildman–Crippen LogP) is 4.05. The first-order valence-electron chi connectivity index (χ1n) is 10.9. The van der Waals surface area contributed by atoms with Gasteiger partial charge in [-0.25, -0.2) is 9.78 Å². The normalized spacial score (nSPS) is 16.8. The van der Waals surface area contributed by atoms with Gasteiger partial charge in [0.2, 0.25) is 5.91 Å². The molecule has 1 saturated heterocycles. The van der Waals surface area contributed by atoms with Gasteiger partial charge in [0.15, 0.2) is 5.92 Å². The zero-order valence-corrected chi connectivity index (χ0v) is 19.3. The third-order valence-electron chi connectivity index (χ3n) is 6.06. The number of carbonyl (C=O) groups excluding carboxylic acids is 3. The van der Waals surface area contributed by atoms with E-state index in [4.69, 9.17) is 4.74 Å². The fraction of sp³-hybridized carbons (Fsp3) is 0.333. The number of aryl methyl sites for hydroxylation is 1. The van der Waals surface area contributed by atoms with Crippen LogP contribution < -0.4 is 4.90 Å². The molecule has 3 aromatic rings. The van der Waals surface area contributed by atoms with E-state index in [0.29, 0.717) is 11.2 Å². The van der Waals surface area contributed by atoms with Crippen LogP contribution in [0, 0.1) is 12.8 Å². The number of ether oxygens (including phenoxy) is 1. The number of rotatable bonds is 5. The van der Waals surface area contributed by atoms with Crippen molar-refractivity contribution < 1.29 is 32.3 Å². The first kappa shape index (κ1) is 24.2.